The third-order valence-electron chi connectivity index (χ3n) is 3.59. The summed E-state index contributed by atoms with van der Waals surface area (Å²) in [7, 11) is 1.67. The molecule has 21 heavy (non-hydrogen) atoms. The van der Waals surface area contributed by atoms with Crippen molar-refractivity contribution in [1.29, 1.82) is 0 Å². The van der Waals surface area contributed by atoms with Crippen molar-refractivity contribution < 1.29 is 22.7 Å². The minimum absolute atomic E-state index is 0.222. The maximum atomic E-state index is 12.2. The van der Waals surface area contributed by atoms with E-state index in [1.54, 1.807) is 0 Å². The number of ether oxygens (including phenoxy) is 2. The van der Waals surface area contributed by atoms with Crippen molar-refractivity contribution in [1.82, 2.24) is 9.62 Å². The van der Waals surface area contributed by atoms with Gasteiger partial charge in [0.25, 0.3) is 0 Å². The van der Waals surface area contributed by atoms with E-state index in [4.69, 9.17) is 4.74 Å². The van der Waals surface area contributed by atoms with Gasteiger partial charge in [-0.05, 0) is 26.9 Å². The van der Waals surface area contributed by atoms with Crippen LogP contribution in [0.5, 0.6) is 0 Å². The molecule has 1 aliphatic rings. The van der Waals surface area contributed by atoms with E-state index in [1.165, 1.54) is 7.11 Å². The van der Waals surface area contributed by atoms with Crippen LogP contribution in [0.4, 0.5) is 0 Å². The molecule has 0 aromatic heterocycles. The van der Waals surface area contributed by atoms with Gasteiger partial charge < -0.3 is 14.4 Å². The minimum Gasteiger partial charge on any atom is -0.469 e. The fourth-order valence-corrected chi connectivity index (χ4v) is 4.17. The Balaban J connectivity index is 2.37. The summed E-state index contributed by atoms with van der Waals surface area (Å²) in [6.45, 7) is 1.89. The summed E-state index contributed by atoms with van der Waals surface area (Å²) < 4.78 is 37.0. The highest BCUT2D eigenvalue weighted by molar-refractivity contribution is 7.90. The van der Waals surface area contributed by atoms with Crippen molar-refractivity contribution in [2.75, 3.05) is 47.5 Å². The van der Waals surface area contributed by atoms with Crippen LogP contribution in [-0.2, 0) is 24.3 Å². The first kappa shape index (κ1) is 18.3. The first-order valence-electron chi connectivity index (χ1n) is 7.17. The van der Waals surface area contributed by atoms with Crippen LogP contribution in [0.3, 0.4) is 0 Å². The molecule has 2 unspecified atom stereocenters. The molecule has 0 saturated heterocycles. The van der Waals surface area contributed by atoms with E-state index in [9.17, 15) is 13.2 Å². The zero-order chi connectivity index (χ0) is 15.9. The van der Waals surface area contributed by atoms with Crippen LogP contribution < -0.4 is 4.72 Å². The van der Waals surface area contributed by atoms with Crippen molar-refractivity contribution in [2.24, 2.45) is 5.92 Å². The van der Waals surface area contributed by atoms with E-state index in [1.807, 2.05) is 19.0 Å². The number of nitrogens with one attached hydrogen (secondary N) is 1. The Labute approximate surface area is 127 Å². The molecule has 1 rings (SSSR count). The molecule has 1 fully saturated rings. The molecule has 2 atom stereocenters. The average Bonchev–Trinajstić information content (AvgIpc) is 2.91. The van der Waals surface area contributed by atoms with Gasteiger partial charge in [0, 0.05) is 13.1 Å². The molecule has 0 heterocycles. The molecule has 0 radical (unpaired) electrons. The molecule has 0 aromatic carbocycles. The SMILES string of the molecule is COC(=O)C1CCCC1S(=O)(=O)NCCOCCN(C)C. The lowest BCUT2D eigenvalue weighted by atomic mass is 10.1. The largest absolute Gasteiger partial charge is 0.469 e. The van der Waals surface area contributed by atoms with Gasteiger partial charge >= 0.3 is 5.97 Å². The van der Waals surface area contributed by atoms with E-state index in [0.717, 1.165) is 13.0 Å². The summed E-state index contributed by atoms with van der Waals surface area (Å²) in [4.78, 5) is 13.6. The van der Waals surface area contributed by atoms with Gasteiger partial charge in [-0.15, -0.1) is 0 Å². The number of methoxy groups -OCH3 is 1. The lowest BCUT2D eigenvalue weighted by Crippen LogP contribution is -2.40. The van der Waals surface area contributed by atoms with Crippen LogP contribution in [0.1, 0.15) is 19.3 Å². The lowest BCUT2D eigenvalue weighted by molar-refractivity contribution is -0.145. The van der Waals surface area contributed by atoms with Crippen LogP contribution in [0, 0.1) is 5.92 Å². The van der Waals surface area contributed by atoms with Gasteiger partial charge in [-0.1, -0.05) is 6.42 Å². The fraction of sp³-hybridized carbons (Fsp3) is 0.923. The smallest absolute Gasteiger partial charge is 0.310 e. The Morgan fingerprint density at radius 3 is 2.62 bits per heavy atom. The Morgan fingerprint density at radius 1 is 1.29 bits per heavy atom. The molecular weight excluding hydrogens is 296 g/mol. The van der Waals surface area contributed by atoms with E-state index in [0.29, 0.717) is 26.1 Å². The monoisotopic (exact) mass is 322 g/mol. The molecule has 1 aliphatic carbocycles. The summed E-state index contributed by atoms with van der Waals surface area (Å²) >= 11 is 0. The third-order valence-corrected chi connectivity index (χ3v) is 5.56. The van der Waals surface area contributed by atoms with Gasteiger partial charge in [0.05, 0.1) is 31.5 Å². The van der Waals surface area contributed by atoms with Crippen molar-refractivity contribution in [2.45, 2.75) is 24.5 Å². The number of likely N-dealkylation sites (N-methyl/N-ethyl adjacent to an activating group) is 1. The van der Waals surface area contributed by atoms with Crippen molar-refractivity contribution in [3.05, 3.63) is 0 Å². The van der Waals surface area contributed by atoms with E-state index < -0.39 is 27.2 Å². The van der Waals surface area contributed by atoms with Crippen LogP contribution >= 0.6 is 0 Å². The number of esters is 1. The zero-order valence-electron chi connectivity index (χ0n) is 13.0. The summed E-state index contributed by atoms with van der Waals surface area (Å²) in [6.07, 6.45) is 1.79. The predicted octanol–water partition coefficient (Wildman–Crippen LogP) is -0.174. The lowest BCUT2D eigenvalue weighted by Gasteiger charge is -2.18. The Hall–Kier alpha value is -0.700. The van der Waals surface area contributed by atoms with E-state index >= 15 is 0 Å². The quantitative estimate of drug-likeness (QED) is 0.468. The van der Waals surface area contributed by atoms with Gasteiger partial charge in [-0.3, -0.25) is 4.79 Å². The molecule has 124 valence electrons. The van der Waals surface area contributed by atoms with Crippen molar-refractivity contribution >= 4 is 16.0 Å². The highest BCUT2D eigenvalue weighted by Crippen LogP contribution is 2.31. The molecule has 0 spiro atoms. The van der Waals surface area contributed by atoms with Gasteiger partial charge in [-0.25, -0.2) is 13.1 Å². The minimum atomic E-state index is -3.51. The predicted molar refractivity (Wildman–Crippen MR) is 79.4 cm³/mol. The van der Waals surface area contributed by atoms with Crippen LogP contribution in [0.15, 0.2) is 0 Å². The first-order chi connectivity index (χ1) is 9.88. The molecular formula is C13H26N2O5S. The molecule has 0 bridgehead atoms. The molecule has 7 nitrogen and oxygen atoms in total. The maximum absolute atomic E-state index is 12.2. The van der Waals surface area contributed by atoms with Crippen LogP contribution in [0.25, 0.3) is 0 Å². The van der Waals surface area contributed by atoms with Gasteiger partial charge in [0.15, 0.2) is 0 Å². The van der Waals surface area contributed by atoms with Crippen LogP contribution in [0.2, 0.25) is 0 Å². The topological polar surface area (TPSA) is 84.9 Å². The van der Waals surface area contributed by atoms with Crippen LogP contribution in [-0.4, -0.2) is 72.0 Å². The standard InChI is InChI=1S/C13H26N2O5S/c1-15(2)8-10-20-9-7-14-21(17,18)12-6-4-5-11(12)13(16)19-3/h11-12,14H,4-10H2,1-3H3. The van der Waals surface area contributed by atoms with Gasteiger partial charge in [-0.2, -0.15) is 0 Å². The third kappa shape index (κ3) is 5.90. The number of hydrogen-bond acceptors (Lipinski definition) is 6. The number of sulfonamides is 1. The number of carbonyl (C=O) groups is 1. The number of nitrogens with zero attached hydrogens (tertiary/aromatic N) is 1. The number of carbonyl (C=O) groups excluding carboxylic acids is 1. The van der Waals surface area contributed by atoms with E-state index in [2.05, 4.69) is 9.46 Å². The highest BCUT2D eigenvalue weighted by atomic mass is 32.2. The fourth-order valence-electron chi connectivity index (χ4n) is 2.43. The number of hydrogen-bond donors (Lipinski definition) is 1. The highest BCUT2D eigenvalue weighted by Gasteiger charge is 2.41. The summed E-state index contributed by atoms with van der Waals surface area (Å²) in [6, 6.07) is 0. The normalized spacial score (nSPS) is 22.7. The molecule has 0 aliphatic heterocycles. The Kier molecular flexibility index (Phi) is 7.58. The molecule has 1 saturated carbocycles. The average molecular weight is 322 g/mol. The molecule has 1 N–H and O–H groups in total. The second-order valence-corrected chi connectivity index (χ2v) is 7.44. The zero-order valence-corrected chi connectivity index (χ0v) is 13.8. The maximum Gasteiger partial charge on any atom is 0.310 e. The summed E-state index contributed by atoms with van der Waals surface area (Å²) in [5.41, 5.74) is 0. The molecule has 0 amide bonds. The van der Waals surface area contributed by atoms with Gasteiger partial charge in [0.2, 0.25) is 10.0 Å². The summed E-state index contributed by atoms with van der Waals surface area (Å²) in [5, 5.41) is -0.688. The molecule has 0 aromatic rings. The van der Waals surface area contributed by atoms with E-state index in [-0.39, 0.29) is 6.54 Å². The first-order valence-corrected chi connectivity index (χ1v) is 8.72. The second kappa shape index (κ2) is 8.67. The molecule has 8 heteroatoms. The summed E-state index contributed by atoms with van der Waals surface area (Å²) in [5.74, 6) is -0.993. The van der Waals surface area contributed by atoms with Crippen molar-refractivity contribution in [3.63, 3.8) is 0 Å². The number of rotatable bonds is 9. The van der Waals surface area contributed by atoms with Gasteiger partial charge in [0.1, 0.15) is 0 Å². The Bertz CT molecular complexity index is 424. The second-order valence-electron chi connectivity index (χ2n) is 5.45. The van der Waals surface area contributed by atoms with Crippen molar-refractivity contribution in [3.8, 4) is 0 Å². The Morgan fingerprint density at radius 2 is 2.00 bits per heavy atom.